The number of aliphatic carboxylic acids is 1. The Balaban J connectivity index is 2.18. The van der Waals surface area contributed by atoms with Crippen molar-refractivity contribution in [3.63, 3.8) is 0 Å². The van der Waals surface area contributed by atoms with Crippen LogP contribution in [0.15, 0.2) is 0 Å². The van der Waals surface area contributed by atoms with Gasteiger partial charge >= 0.3 is 5.97 Å². The van der Waals surface area contributed by atoms with Crippen molar-refractivity contribution >= 4 is 23.6 Å². The van der Waals surface area contributed by atoms with Gasteiger partial charge in [0.2, 0.25) is 5.91 Å². The maximum atomic E-state index is 11.9. The van der Waals surface area contributed by atoms with Crippen LogP contribution >= 0.6 is 11.8 Å². The predicted molar refractivity (Wildman–Crippen MR) is 73.7 cm³/mol. The van der Waals surface area contributed by atoms with Crippen LogP contribution in [0.5, 0.6) is 0 Å². The van der Waals surface area contributed by atoms with Crippen LogP contribution in [-0.2, 0) is 9.59 Å². The monoisotopic (exact) mass is 273 g/mol. The molecule has 1 amide bonds. The van der Waals surface area contributed by atoms with E-state index in [1.165, 1.54) is 0 Å². The fourth-order valence-electron chi connectivity index (χ4n) is 1.95. The number of likely N-dealkylation sites (tertiary alicyclic amines) is 1. The summed E-state index contributed by atoms with van der Waals surface area (Å²) in [6, 6.07) is 0. The van der Waals surface area contributed by atoms with E-state index in [1.54, 1.807) is 11.8 Å². The molecule has 1 aliphatic rings. The SMILES string of the molecule is CC(C)CCSCC(=O)N1CCC(C(=O)O)CC1. The Morgan fingerprint density at radius 1 is 1.33 bits per heavy atom. The molecule has 0 aromatic rings. The Morgan fingerprint density at radius 3 is 2.44 bits per heavy atom. The minimum absolute atomic E-state index is 0.160. The summed E-state index contributed by atoms with van der Waals surface area (Å²) in [5.74, 6) is 1.40. The lowest BCUT2D eigenvalue weighted by atomic mass is 9.97. The molecule has 1 saturated heterocycles. The van der Waals surface area contributed by atoms with Gasteiger partial charge in [0, 0.05) is 13.1 Å². The minimum atomic E-state index is -0.728. The molecule has 1 heterocycles. The second-order valence-corrected chi connectivity index (χ2v) is 6.33. The normalized spacial score (nSPS) is 17.2. The zero-order valence-electron chi connectivity index (χ0n) is 11.2. The number of hydrogen-bond donors (Lipinski definition) is 1. The van der Waals surface area contributed by atoms with Crippen LogP contribution in [0.4, 0.5) is 0 Å². The lowest BCUT2D eigenvalue weighted by Gasteiger charge is -2.30. The molecule has 0 spiro atoms. The third-order valence-electron chi connectivity index (χ3n) is 3.26. The molecule has 4 nitrogen and oxygen atoms in total. The molecule has 0 aromatic carbocycles. The predicted octanol–water partition coefficient (Wildman–Crippen LogP) is 2.09. The van der Waals surface area contributed by atoms with Crippen molar-refractivity contribution in [2.24, 2.45) is 11.8 Å². The number of nitrogens with zero attached hydrogens (tertiary/aromatic N) is 1. The van der Waals surface area contributed by atoms with E-state index in [9.17, 15) is 9.59 Å². The Hall–Kier alpha value is -0.710. The number of thioether (sulfide) groups is 1. The Kier molecular flexibility index (Phi) is 6.54. The van der Waals surface area contributed by atoms with Gasteiger partial charge in [0.25, 0.3) is 0 Å². The molecule has 0 saturated carbocycles. The van der Waals surface area contributed by atoms with Crippen molar-refractivity contribution in [3.8, 4) is 0 Å². The third kappa shape index (κ3) is 5.29. The summed E-state index contributed by atoms with van der Waals surface area (Å²) in [5, 5.41) is 8.88. The maximum absolute atomic E-state index is 11.9. The topological polar surface area (TPSA) is 57.6 Å². The van der Waals surface area contributed by atoms with Crippen LogP contribution in [-0.4, -0.2) is 46.5 Å². The summed E-state index contributed by atoms with van der Waals surface area (Å²) in [6.45, 7) is 5.55. The summed E-state index contributed by atoms with van der Waals surface area (Å²) in [5.41, 5.74) is 0. The van der Waals surface area contributed by atoms with Gasteiger partial charge in [0.1, 0.15) is 0 Å². The fraction of sp³-hybridized carbons (Fsp3) is 0.846. The highest BCUT2D eigenvalue weighted by Crippen LogP contribution is 2.18. The van der Waals surface area contributed by atoms with Crippen LogP contribution in [0.3, 0.4) is 0 Å². The van der Waals surface area contributed by atoms with E-state index in [-0.39, 0.29) is 11.8 Å². The van der Waals surface area contributed by atoms with Crippen LogP contribution in [0.1, 0.15) is 33.1 Å². The second kappa shape index (κ2) is 7.67. The smallest absolute Gasteiger partial charge is 0.306 e. The van der Waals surface area contributed by atoms with E-state index < -0.39 is 5.97 Å². The number of carboxylic acids is 1. The summed E-state index contributed by atoms with van der Waals surface area (Å²) < 4.78 is 0. The first-order valence-electron chi connectivity index (χ1n) is 6.59. The molecule has 0 unspecified atom stereocenters. The molecule has 104 valence electrons. The van der Waals surface area contributed by atoms with Gasteiger partial charge in [0.05, 0.1) is 11.7 Å². The number of carboxylic acid groups (broad SMARTS) is 1. The van der Waals surface area contributed by atoms with Crippen LogP contribution in [0, 0.1) is 11.8 Å². The number of piperidine rings is 1. The molecule has 1 fully saturated rings. The number of rotatable bonds is 6. The van der Waals surface area contributed by atoms with Crippen LogP contribution < -0.4 is 0 Å². The summed E-state index contributed by atoms with van der Waals surface area (Å²) in [6.07, 6.45) is 2.33. The molecule has 0 aromatic heterocycles. The first-order chi connectivity index (χ1) is 8.50. The van der Waals surface area contributed by atoms with E-state index in [4.69, 9.17) is 5.11 Å². The number of amides is 1. The third-order valence-corrected chi connectivity index (χ3v) is 4.24. The zero-order chi connectivity index (χ0) is 13.5. The average Bonchev–Trinajstić information content (AvgIpc) is 2.34. The van der Waals surface area contributed by atoms with Gasteiger partial charge in [0.15, 0.2) is 0 Å². The summed E-state index contributed by atoms with van der Waals surface area (Å²) in [7, 11) is 0. The zero-order valence-corrected chi connectivity index (χ0v) is 12.0. The number of hydrogen-bond acceptors (Lipinski definition) is 3. The Labute approximate surface area is 113 Å². The van der Waals surface area contributed by atoms with Gasteiger partial charge in [-0.25, -0.2) is 0 Å². The molecule has 5 heteroatoms. The molecular formula is C13H23NO3S. The number of carbonyl (C=O) groups is 2. The molecule has 0 radical (unpaired) electrons. The highest BCUT2D eigenvalue weighted by molar-refractivity contribution is 7.99. The van der Waals surface area contributed by atoms with Crippen molar-refractivity contribution in [1.82, 2.24) is 4.90 Å². The molecular weight excluding hydrogens is 250 g/mol. The van der Waals surface area contributed by atoms with Gasteiger partial charge in [-0.15, -0.1) is 0 Å². The molecule has 1 aliphatic heterocycles. The largest absolute Gasteiger partial charge is 0.481 e. The van der Waals surface area contributed by atoms with Crippen LogP contribution in [0.25, 0.3) is 0 Å². The van der Waals surface area contributed by atoms with Gasteiger partial charge in [-0.3, -0.25) is 9.59 Å². The maximum Gasteiger partial charge on any atom is 0.306 e. The van der Waals surface area contributed by atoms with Gasteiger partial charge in [-0.2, -0.15) is 11.8 Å². The van der Waals surface area contributed by atoms with E-state index in [0.717, 1.165) is 12.2 Å². The summed E-state index contributed by atoms with van der Waals surface area (Å²) in [4.78, 5) is 24.5. The highest BCUT2D eigenvalue weighted by atomic mass is 32.2. The first kappa shape index (κ1) is 15.3. The summed E-state index contributed by atoms with van der Waals surface area (Å²) >= 11 is 1.68. The van der Waals surface area contributed by atoms with Gasteiger partial charge < -0.3 is 10.0 Å². The van der Waals surface area contributed by atoms with E-state index >= 15 is 0 Å². The molecule has 18 heavy (non-hydrogen) atoms. The molecule has 1 N–H and O–H groups in total. The molecule has 0 bridgehead atoms. The van der Waals surface area contributed by atoms with Crippen molar-refractivity contribution in [2.75, 3.05) is 24.6 Å². The number of carbonyl (C=O) groups excluding carboxylic acids is 1. The van der Waals surface area contributed by atoms with E-state index in [2.05, 4.69) is 13.8 Å². The second-order valence-electron chi connectivity index (χ2n) is 5.23. The van der Waals surface area contributed by atoms with Crippen molar-refractivity contribution < 1.29 is 14.7 Å². The standard InChI is InChI=1S/C13H23NO3S/c1-10(2)5-8-18-9-12(15)14-6-3-11(4-7-14)13(16)17/h10-11H,3-9H2,1-2H3,(H,16,17). The van der Waals surface area contributed by atoms with Crippen molar-refractivity contribution in [1.29, 1.82) is 0 Å². The molecule has 0 aliphatic carbocycles. The first-order valence-corrected chi connectivity index (χ1v) is 7.74. The van der Waals surface area contributed by atoms with Crippen molar-refractivity contribution in [3.05, 3.63) is 0 Å². The van der Waals surface area contributed by atoms with E-state index in [0.29, 0.717) is 37.6 Å². The molecule has 0 atom stereocenters. The minimum Gasteiger partial charge on any atom is -0.481 e. The van der Waals surface area contributed by atoms with Crippen LogP contribution in [0.2, 0.25) is 0 Å². The van der Waals surface area contributed by atoms with Gasteiger partial charge in [-0.05, 0) is 30.9 Å². The Morgan fingerprint density at radius 2 is 1.94 bits per heavy atom. The average molecular weight is 273 g/mol. The van der Waals surface area contributed by atoms with Gasteiger partial charge in [-0.1, -0.05) is 13.8 Å². The molecule has 1 rings (SSSR count). The lowest BCUT2D eigenvalue weighted by molar-refractivity contribution is -0.145. The highest BCUT2D eigenvalue weighted by Gasteiger charge is 2.26. The Bertz CT molecular complexity index is 286. The van der Waals surface area contributed by atoms with E-state index in [1.807, 2.05) is 4.90 Å². The lowest BCUT2D eigenvalue weighted by Crippen LogP contribution is -2.41. The van der Waals surface area contributed by atoms with Crippen molar-refractivity contribution in [2.45, 2.75) is 33.1 Å². The fourth-order valence-corrected chi connectivity index (χ4v) is 3.09. The quantitative estimate of drug-likeness (QED) is 0.753.